The lowest BCUT2D eigenvalue weighted by Crippen LogP contribution is -2.02. The van der Waals surface area contributed by atoms with E-state index >= 15 is 0 Å². The maximum atomic E-state index is 9.17. The summed E-state index contributed by atoms with van der Waals surface area (Å²) < 4.78 is 0. The van der Waals surface area contributed by atoms with Crippen LogP contribution in [0.15, 0.2) is 43.0 Å². The number of hydrogen-bond donors (Lipinski definition) is 3. The van der Waals surface area contributed by atoms with Crippen LogP contribution in [-0.2, 0) is 6.42 Å². The van der Waals surface area contributed by atoms with E-state index < -0.39 is 0 Å². The molecule has 0 radical (unpaired) electrons. The lowest BCUT2D eigenvalue weighted by atomic mass is 9.95. The van der Waals surface area contributed by atoms with Gasteiger partial charge in [0.2, 0.25) is 0 Å². The minimum atomic E-state index is 0.0614. The summed E-state index contributed by atoms with van der Waals surface area (Å²) in [5.74, 6) is 0. The van der Waals surface area contributed by atoms with E-state index in [4.69, 9.17) is 16.6 Å². The van der Waals surface area contributed by atoms with Crippen LogP contribution in [0.25, 0.3) is 17.2 Å². The van der Waals surface area contributed by atoms with Crippen molar-refractivity contribution in [3.63, 3.8) is 0 Å². The second kappa shape index (κ2) is 5.59. The maximum Gasteiger partial charge on any atom is 0.0472 e. The molecule has 0 fully saturated rings. The maximum absolute atomic E-state index is 9.17. The molecule has 0 aromatic heterocycles. The van der Waals surface area contributed by atoms with Gasteiger partial charge in [-0.3, -0.25) is 0 Å². The third-order valence-electron chi connectivity index (χ3n) is 3.13. The molecule has 2 aromatic carbocycles. The number of nitrogen functional groups attached to an aromatic ring is 2. The highest BCUT2D eigenvalue weighted by molar-refractivity contribution is 5.78. The Morgan fingerprint density at radius 2 is 1.79 bits per heavy atom. The van der Waals surface area contributed by atoms with Crippen molar-refractivity contribution in [2.45, 2.75) is 6.42 Å². The van der Waals surface area contributed by atoms with Gasteiger partial charge in [0.25, 0.3) is 0 Å². The molecule has 0 aliphatic rings. The Bertz CT molecular complexity index is 588. The minimum Gasteiger partial charge on any atom is -0.399 e. The minimum absolute atomic E-state index is 0.0614. The molecule has 19 heavy (non-hydrogen) atoms. The quantitative estimate of drug-likeness (QED) is 0.734. The molecule has 2 rings (SSSR count). The van der Waals surface area contributed by atoms with E-state index in [-0.39, 0.29) is 6.61 Å². The summed E-state index contributed by atoms with van der Waals surface area (Å²) >= 11 is 0. The molecule has 3 nitrogen and oxygen atoms in total. The van der Waals surface area contributed by atoms with Crippen LogP contribution in [0.5, 0.6) is 0 Å². The first-order valence-electron chi connectivity index (χ1n) is 6.17. The van der Waals surface area contributed by atoms with Crippen LogP contribution in [0.1, 0.15) is 11.1 Å². The SMILES string of the molecule is C=Cc1ccc(-c2cc(N)cc(N)c2CCO)cc1. The van der Waals surface area contributed by atoms with Crippen molar-refractivity contribution in [2.75, 3.05) is 18.1 Å². The number of anilines is 2. The largest absolute Gasteiger partial charge is 0.399 e. The highest BCUT2D eigenvalue weighted by Gasteiger charge is 2.09. The zero-order valence-corrected chi connectivity index (χ0v) is 10.8. The summed E-state index contributed by atoms with van der Waals surface area (Å²) in [4.78, 5) is 0. The number of aliphatic hydroxyl groups excluding tert-OH is 1. The summed E-state index contributed by atoms with van der Waals surface area (Å²) in [6.45, 7) is 3.80. The Morgan fingerprint density at radius 3 is 2.37 bits per heavy atom. The monoisotopic (exact) mass is 254 g/mol. The molecule has 0 saturated heterocycles. The fourth-order valence-electron chi connectivity index (χ4n) is 2.16. The number of nitrogens with two attached hydrogens (primary N) is 2. The fourth-order valence-corrected chi connectivity index (χ4v) is 2.16. The molecule has 0 amide bonds. The van der Waals surface area contributed by atoms with Crippen molar-refractivity contribution in [1.29, 1.82) is 0 Å². The van der Waals surface area contributed by atoms with E-state index in [0.717, 1.165) is 22.3 Å². The third-order valence-corrected chi connectivity index (χ3v) is 3.13. The number of rotatable bonds is 4. The van der Waals surface area contributed by atoms with E-state index in [9.17, 15) is 0 Å². The first kappa shape index (κ1) is 13.2. The van der Waals surface area contributed by atoms with Crippen molar-refractivity contribution < 1.29 is 5.11 Å². The predicted octanol–water partition coefficient (Wildman–Crippen LogP) is 2.70. The van der Waals surface area contributed by atoms with Gasteiger partial charge in [-0.25, -0.2) is 0 Å². The second-order valence-corrected chi connectivity index (χ2v) is 4.44. The average Bonchev–Trinajstić information content (AvgIpc) is 2.42. The van der Waals surface area contributed by atoms with E-state index in [2.05, 4.69) is 6.58 Å². The van der Waals surface area contributed by atoms with Crippen molar-refractivity contribution in [3.05, 3.63) is 54.1 Å². The van der Waals surface area contributed by atoms with Crippen molar-refractivity contribution in [3.8, 4) is 11.1 Å². The van der Waals surface area contributed by atoms with Crippen LogP contribution in [0.4, 0.5) is 11.4 Å². The molecule has 0 spiro atoms. The van der Waals surface area contributed by atoms with E-state index in [0.29, 0.717) is 17.8 Å². The van der Waals surface area contributed by atoms with Crippen molar-refractivity contribution >= 4 is 17.5 Å². The van der Waals surface area contributed by atoms with Gasteiger partial charge < -0.3 is 16.6 Å². The average molecular weight is 254 g/mol. The summed E-state index contributed by atoms with van der Waals surface area (Å²) in [5, 5.41) is 9.17. The van der Waals surface area contributed by atoms with E-state index in [1.165, 1.54) is 0 Å². The predicted molar refractivity (Wildman–Crippen MR) is 81.6 cm³/mol. The molecule has 0 aliphatic carbocycles. The Morgan fingerprint density at radius 1 is 1.11 bits per heavy atom. The third kappa shape index (κ3) is 2.77. The summed E-state index contributed by atoms with van der Waals surface area (Å²) in [6.07, 6.45) is 2.32. The molecule has 3 heteroatoms. The van der Waals surface area contributed by atoms with Gasteiger partial charge in [-0.05, 0) is 40.8 Å². The Kier molecular flexibility index (Phi) is 3.88. The van der Waals surface area contributed by atoms with Crippen molar-refractivity contribution in [1.82, 2.24) is 0 Å². The Balaban J connectivity index is 2.55. The highest BCUT2D eigenvalue weighted by atomic mass is 16.2. The highest BCUT2D eigenvalue weighted by Crippen LogP contribution is 2.31. The van der Waals surface area contributed by atoms with Crippen LogP contribution in [0.3, 0.4) is 0 Å². The van der Waals surface area contributed by atoms with Gasteiger partial charge in [0.15, 0.2) is 0 Å². The zero-order valence-electron chi connectivity index (χ0n) is 10.8. The number of benzene rings is 2. The zero-order chi connectivity index (χ0) is 13.8. The van der Waals surface area contributed by atoms with Crippen LogP contribution in [0, 0.1) is 0 Å². The standard InChI is InChI=1S/C16H18N2O/c1-2-11-3-5-12(6-4-11)15-9-13(17)10-16(18)14(15)7-8-19/h2-6,9-10,19H,1,7-8,17-18H2. The molecule has 2 aromatic rings. The molecule has 0 heterocycles. The lowest BCUT2D eigenvalue weighted by molar-refractivity contribution is 0.300. The molecular weight excluding hydrogens is 236 g/mol. The fraction of sp³-hybridized carbons (Fsp3) is 0.125. The van der Waals surface area contributed by atoms with Gasteiger partial charge in [0.1, 0.15) is 0 Å². The topological polar surface area (TPSA) is 72.3 Å². The van der Waals surface area contributed by atoms with Gasteiger partial charge in [0, 0.05) is 18.0 Å². The van der Waals surface area contributed by atoms with Gasteiger partial charge in [-0.1, -0.05) is 36.9 Å². The second-order valence-electron chi connectivity index (χ2n) is 4.44. The number of aliphatic hydroxyl groups is 1. The summed E-state index contributed by atoms with van der Waals surface area (Å²) in [7, 11) is 0. The van der Waals surface area contributed by atoms with Gasteiger partial charge in [-0.2, -0.15) is 0 Å². The summed E-state index contributed by atoms with van der Waals surface area (Å²) in [5.41, 5.74) is 17.1. The molecular formula is C16H18N2O. The molecule has 0 bridgehead atoms. The molecule has 0 saturated carbocycles. The smallest absolute Gasteiger partial charge is 0.0472 e. The Labute approximate surface area is 113 Å². The molecule has 98 valence electrons. The van der Waals surface area contributed by atoms with Gasteiger partial charge in [-0.15, -0.1) is 0 Å². The summed E-state index contributed by atoms with van der Waals surface area (Å²) in [6, 6.07) is 11.6. The normalized spacial score (nSPS) is 10.4. The van der Waals surface area contributed by atoms with Gasteiger partial charge in [0.05, 0.1) is 0 Å². The van der Waals surface area contributed by atoms with Crippen LogP contribution < -0.4 is 11.5 Å². The molecule has 0 atom stereocenters. The molecule has 0 aliphatic heterocycles. The van der Waals surface area contributed by atoms with E-state index in [1.807, 2.05) is 30.3 Å². The number of hydrogen-bond acceptors (Lipinski definition) is 3. The van der Waals surface area contributed by atoms with Crippen molar-refractivity contribution in [2.24, 2.45) is 0 Å². The van der Waals surface area contributed by atoms with Crippen LogP contribution in [0.2, 0.25) is 0 Å². The van der Waals surface area contributed by atoms with Gasteiger partial charge >= 0.3 is 0 Å². The lowest BCUT2D eigenvalue weighted by Gasteiger charge is -2.13. The Hall–Kier alpha value is -2.26. The first-order chi connectivity index (χ1) is 9.15. The van der Waals surface area contributed by atoms with E-state index in [1.54, 1.807) is 12.1 Å². The molecule has 5 N–H and O–H groups in total. The molecule has 0 unspecified atom stereocenters. The first-order valence-corrected chi connectivity index (χ1v) is 6.17. The van der Waals surface area contributed by atoms with Crippen LogP contribution >= 0.6 is 0 Å². The van der Waals surface area contributed by atoms with Crippen LogP contribution in [-0.4, -0.2) is 11.7 Å².